The molecule has 0 unspecified atom stereocenters. The summed E-state index contributed by atoms with van der Waals surface area (Å²) in [5.74, 6) is 1.30. The van der Waals surface area contributed by atoms with Crippen molar-refractivity contribution < 1.29 is 13.9 Å². The zero-order valence-electron chi connectivity index (χ0n) is 11.6. The maximum absolute atomic E-state index is 12.3. The van der Waals surface area contributed by atoms with Crippen molar-refractivity contribution in [3.8, 4) is 5.75 Å². The number of ether oxygens (including phenoxy) is 1. The molecule has 0 saturated heterocycles. The van der Waals surface area contributed by atoms with Gasteiger partial charge >= 0.3 is 0 Å². The maximum atomic E-state index is 12.3. The Morgan fingerprint density at radius 2 is 2.29 bits per heavy atom. The third kappa shape index (κ3) is 3.05. The fourth-order valence-electron chi connectivity index (χ4n) is 2.47. The normalized spacial score (nSPS) is 18.5. The number of benzene rings is 1. The van der Waals surface area contributed by atoms with E-state index in [2.05, 4.69) is 5.32 Å². The fraction of sp³-hybridized carbons (Fsp3) is 0.312. The molecule has 0 fully saturated rings. The molecule has 1 aromatic heterocycles. The van der Waals surface area contributed by atoms with Crippen LogP contribution in [-0.2, 0) is 11.2 Å². The van der Waals surface area contributed by atoms with Crippen molar-refractivity contribution in [1.82, 2.24) is 5.32 Å². The van der Waals surface area contributed by atoms with Crippen molar-refractivity contribution in [2.24, 2.45) is 5.92 Å². The van der Waals surface area contributed by atoms with Crippen LogP contribution in [0.15, 0.2) is 41.0 Å². The van der Waals surface area contributed by atoms with Gasteiger partial charge in [-0.1, -0.05) is 11.6 Å². The smallest absolute Gasteiger partial charge is 0.227 e. The van der Waals surface area contributed by atoms with E-state index in [1.807, 2.05) is 25.1 Å². The molecule has 2 heterocycles. The van der Waals surface area contributed by atoms with Gasteiger partial charge in [-0.2, -0.15) is 0 Å². The first-order chi connectivity index (χ1) is 10.1. The zero-order chi connectivity index (χ0) is 14.8. The Balaban J connectivity index is 1.67. The lowest BCUT2D eigenvalue weighted by Crippen LogP contribution is -2.38. The summed E-state index contributed by atoms with van der Waals surface area (Å²) in [6.45, 7) is 2.27. The molecule has 3 rings (SSSR count). The number of rotatable bonds is 3. The third-order valence-corrected chi connectivity index (χ3v) is 3.86. The number of nitrogens with one attached hydrogen (secondary N) is 1. The van der Waals surface area contributed by atoms with E-state index in [-0.39, 0.29) is 17.9 Å². The molecule has 1 aromatic carbocycles. The largest absolute Gasteiger partial charge is 0.492 e. The van der Waals surface area contributed by atoms with Gasteiger partial charge in [-0.25, -0.2) is 0 Å². The second-order valence-corrected chi connectivity index (χ2v) is 5.65. The molecular weight excluding hydrogens is 290 g/mol. The van der Waals surface area contributed by atoms with Crippen LogP contribution in [0.2, 0.25) is 5.02 Å². The Kier molecular flexibility index (Phi) is 3.88. The fourth-order valence-corrected chi connectivity index (χ4v) is 2.67. The lowest BCUT2D eigenvalue weighted by atomic mass is 9.95. The number of hydrogen-bond acceptors (Lipinski definition) is 3. The molecule has 1 amide bonds. The van der Waals surface area contributed by atoms with Crippen LogP contribution in [0.1, 0.15) is 24.3 Å². The first-order valence-electron chi connectivity index (χ1n) is 6.88. The lowest BCUT2D eigenvalue weighted by Gasteiger charge is -2.25. The lowest BCUT2D eigenvalue weighted by molar-refractivity contribution is -0.127. The minimum absolute atomic E-state index is 0.0375. The Morgan fingerprint density at radius 3 is 3.05 bits per heavy atom. The molecule has 110 valence electrons. The zero-order valence-corrected chi connectivity index (χ0v) is 12.4. The van der Waals surface area contributed by atoms with Crippen LogP contribution in [0, 0.1) is 5.92 Å². The molecule has 0 radical (unpaired) electrons. The molecule has 2 atom stereocenters. The average molecular weight is 306 g/mol. The van der Waals surface area contributed by atoms with Crippen molar-refractivity contribution in [2.45, 2.75) is 19.4 Å². The van der Waals surface area contributed by atoms with Gasteiger partial charge < -0.3 is 14.5 Å². The van der Waals surface area contributed by atoms with E-state index in [4.69, 9.17) is 20.8 Å². The second-order valence-electron chi connectivity index (χ2n) is 5.21. The van der Waals surface area contributed by atoms with Crippen LogP contribution < -0.4 is 10.1 Å². The second kappa shape index (κ2) is 5.82. The summed E-state index contributed by atoms with van der Waals surface area (Å²) in [4.78, 5) is 12.3. The number of amides is 1. The summed E-state index contributed by atoms with van der Waals surface area (Å²) < 4.78 is 10.9. The van der Waals surface area contributed by atoms with Gasteiger partial charge in [-0.3, -0.25) is 4.79 Å². The van der Waals surface area contributed by atoms with Crippen molar-refractivity contribution >= 4 is 17.5 Å². The van der Waals surface area contributed by atoms with E-state index in [9.17, 15) is 4.79 Å². The number of furan rings is 1. The van der Waals surface area contributed by atoms with E-state index in [0.29, 0.717) is 18.1 Å². The summed E-state index contributed by atoms with van der Waals surface area (Å²) in [5, 5.41) is 3.61. The quantitative estimate of drug-likeness (QED) is 0.946. The van der Waals surface area contributed by atoms with Crippen LogP contribution in [0.25, 0.3) is 0 Å². The highest BCUT2D eigenvalue weighted by Crippen LogP contribution is 2.30. The van der Waals surface area contributed by atoms with Gasteiger partial charge in [0.25, 0.3) is 0 Å². The van der Waals surface area contributed by atoms with Gasteiger partial charge in [0.15, 0.2) is 0 Å². The van der Waals surface area contributed by atoms with Crippen LogP contribution in [0.4, 0.5) is 0 Å². The Labute approximate surface area is 128 Å². The van der Waals surface area contributed by atoms with Crippen molar-refractivity contribution in [1.29, 1.82) is 0 Å². The molecule has 0 spiro atoms. The molecule has 0 saturated carbocycles. The van der Waals surface area contributed by atoms with Crippen molar-refractivity contribution in [3.63, 3.8) is 0 Å². The maximum Gasteiger partial charge on any atom is 0.227 e. The summed E-state index contributed by atoms with van der Waals surface area (Å²) in [5.41, 5.74) is 0.972. The van der Waals surface area contributed by atoms with E-state index >= 15 is 0 Å². The minimum atomic E-state index is -0.214. The predicted molar refractivity (Wildman–Crippen MR) is 79.4 cm³/mol. The molecule has 1 aliphatic rings. The molecule has 0 aliphatic carbocycles. The number of carbonyl (C=O) groups is 1. The average Bonchev–Trinajstić information content (AvgIpc) is 3.00. The van der Waals surface area contributed by atoms with Crippen LogP contribution in [-0.4, -0.2) is 12.5 Å². The third-order valence-electron chi connectivity index (χ3n) is 3.63. The first-order valence-corrected chi connectivity index (χ1v) is 7.26. The summed E-state index contributed by atoms with van der Waals surface area (Å²) in [7, 11) is 0. The van der Waals surface area contributed by atoms with Gasteiger partial charge in [0.2, 0.25) is 5.91 Å². The van der Waals surface area contributed by atoms with E-state index in [0.717, 1.165) is 17.1 Å². The number of hydrogen-bond donors (Lipinski definition) is 1. The molecule has 21 heavy (non-hydrogen) atoms. The molecule has 5 heteroatoms. The molecular formula is C16H16ClNO3. The molecule has 1 N–H and O–H groups in total. The highest BCUT2D eigenvalue weighted by Gasteiger charge is 2.27. The topological polar surface area (TPSA) is 51.5 Å². The van der Waals surface area contributed by atoms with Crippen LogP contribution in [0.5, 0.6) is 5.75 Å². The first kappa shape index (κ1) is 14.0. The molecule has 2 aromatic rings. The van der Waals surface area contributed by atoms with Gasteiger partial charge in [0.05, 0.1) is 18.2 Å². The van der Waals surface area contributed by atoms with Crippen molar-refractivity contribution in [2.75, 3.05) is 6.61 Å². The van der Waals surface area contributed by atoms with E-state index in [1.54, 1.807) is 18.4 Å². The predicted octanol–water partition coefficient (Wildman–Crippen LogP) is 3.36. The minimum Gasteiger partial charge on any atom is -0.492 e. The van der Waals surface area contributed by atoms with Gasteiger partial charge in [0.1, 0.15) is 18.1 Å². The molecule has 4 nitrogen and oxygen atoms in total. The SMILES string of the molecule is C[C@@H](NC(=O)[C@H]1COc2ccc(Cl)cc2C1)c1ccco1. The number of carbonyl (C=O) groups excluding carboxylic acids is 1. The highest BCUT2D eigenvalue weighted by atomic mass is 35.5. The number of halogens is 1. The summed E-state index contributed by atoms with van der Waals surface area (Å²) in [6, 6.07) is 8.98. The van der Waals surface area contributed by atoms with E-state index in [1.165, 1.54) is 0 Å². The van der Waals surface area contributed by atoms with Crippen LogP contribution >= 0.6 is 11.6 Å². The van der Waals surface area contributed by atoms with Gasteiger partial charge in [-0.15, -0.1) is 0 Å². The Morgan fingerprint density at radius 1 is 1.43 bits per heavy atom. The Hall–Kier alpha value is -1.94. The highest BCUT2D eigenvalue weighted by molar-refractivity contribution is 6.30. The van der Waals surface area contributed by atoms with Gasteiger partial charge in [0, 0.05) is 5.02 Å². The summed E-state index contributed by atoms with van der Waals surface area (Å²) in [6.07, 6.45) is 2.23. The Bertz CT molecular complexity index is 639. The monoisotopic (exact) mass is 305 g/mol. The summed E-state index contributed by atoms with van der Waals surface area (Å²) >= 11 is 5.99. The molecule has 0 bridgehead atoms. The molecule has 1 aliphatic heterocycles. The van der Waals surface area contributed by atoms with Crippen molar-refractivity contribution in [3.05, 3.63) is 52.9 Å². The van der Waals surface area contributed by atoms with Gasteiger partial charge in [-0.05, 0) is 49.2 Å². The number of fused-ring (bicyclic) bond motifs is 1. The van der Waals surface area contributed by atoms with E-state index < -0.39 is 0 Å². The standard InChI is InChI=1S/C16H16ClNO3/c1-10(14-3-2-6-20-14)18-16(19)12-7-11-8-13(17)4-5-15(11)21-9-12/h2-6,8,10,12H,7,9H2,1H3,(H,18,19)/t10-,12-/m1/s1. The van der Waals surface area contributed by atoms with Crippen LogP contribution in [0.3, 0.4) is 0 Å².